The van der Waals surface area contributed by atoms with E-state index < -0.39 is 0 Å². The van der Waals surface area contributed by atoms with Gasteiger partial charge in [-0.3, -0.25) is 4.79 Å². The monoisotopic (exact) mass is 220 g/mol. The summed E-state index contributed by atoms with van der Waals surface area (Å²) in [5, 5.41) is 9.19. The van der Waals surface area contributed by atoms with Crippen LogP contribution >= 0.6 is 0 Å². The molecule has 3 heteroatoms. The van der Waals surface area contributed by atoms with Gasteiger partial charge in [-0.1, -0.05) is 12.1 Å². The summed E-state index contributed by atoms with van der Waals surface area (Å²) in [5.74, 6) is 0.652. The van der Waals surface area contributed by atoms with Crippen molar-refractivity contribution < 1.29 is 14.6 Å². The normalized spacial score (nSPS) is 16.3. The number of hydrogen-bond donors (Lipinski definition) is 1. The molecule has 0 spiro atoms. The van der Waals surface area contributed by atoms with E-state index in [0.717, 1.165) is 24.7 Å². The number of hydrogen-bond acceptors (Lipinski definition) is 3. The molecule has 0 aromatic heterocycles. The van der Waals surface area contributed by atoms with Gasteiger partial charge in [-0.25, -0.2) is 0 Å². The lowest BCUT2D eigenvalue weighted by atomic mass is 10.1. The maximum absolute atomic E-state index is 10.7. The van der Waals surface area contributed by atoms with E-state index in [9.17, 15) is 9.90 Å². The summed E-state index contributed by atoms with van der Waals surface area (Å²) in [6.45, 7) is -0.0544. The third-order valence-electron chi connectivity index (χ3n) is 2.99. The summed E-state index contributed by atoms with van der Waals surface area (Å²) in [6.07, 6.45) is 5.57. The van der Waals surface area contributed by atoms with Crippen molar-refractivity contribution in [2.24, 2.45) is 0 Å². The molecule has 3 nitrogen and oxygen atoms in total. The van der Waals surface area contributed by atoms with Crippen LogP contribution in [0.3, 0.4) is 0 Å². The Bertz CT molecular complexity index is 367. The van der Waals surface area contributed by atoms with E-state index in [-0.39, 0.29) is 12.7 Å². The Morgan fingerprint density at radius 1 is 1.38 bits per heavy atom. The van der Waals surface area contributed by atoms with Crippen molar-refractivity contribution >= 4 is 6.29 Å². The molecule has 0 bridgehead atoms. The molecule has 0 aliphatic heterocycles. The molecule has 0 unspecified atom stereocenters. The largest absolute Gasteiger partial charge is 0.490 e. The molecule has 1 fully saturated rings. The molecule has 0 radical (unpaired) electrons. The van der Waals surface area contributed by atoms with Crippen LogP contribution in [-0.2, 0) is 6.61 Å². The highest BCUT2D eigenvalue weighted by atomic mass is 16.5. The summed E-state index contributed by atoms with van der Waals surface area (Å²) in [4.78, 5) is 10.7. The van der Waals surface area contributed by atoms with Crippen molar-refractivity contribution in [3.05, 3.63) is 29.3 Å². The van der Waals surface area contributed by atoms with Gasteiger partial charge in [-0.05, 0) is 31.7 Å². The standard InChI is InChI=1S/C13H16O3/c14-8-10-5-6-11(9-15)13(7-10)16-12-3-1-2-4-12/h5-8,12,15H,1-4,9H2. The topological polar surface area (TPSA) is 46.5 Å². The molecule has 1 N–H and O–H groups in total. The second-order valence-electron chi connectivity index (χ2n) is 4.17. The quantitative estimate of drug-likeness (QED) is 0.792. The molecule has 1 aliphatic rings. The molecule has 86 valence electrons. The summed E-state index contributed by atoms with van der Waals surface area (Å²) in [7, 11) is 0. The molecule has 0 amide bonds. The first kappa shape index (κ1) is 11.1. The van der Waals surface area contributed by atoms with Crippen LogP contribution in [0.5, 0.6) is 5.75 Å². The first-order valence-corrected chi connectivity index (χ1v) is 5.69. The molecule has 0 atom stereocenters. The Kier molecular flexibility index (Phi) is 3.57. The van der Waals surface area contributed by atoms with Crippen molar-refractivity contribution in [2.45, 2.75) is 38.4 Å². The van der Waals surface area contributed by atoms with Crippen LogP contribution in [0.15, 0.2) is 18.2 Å². The minimum Gasteiger partial charge on any atom is -0.490 e. The van der Waals surface area contributed by atoms with E-state index in [2.05, 4.69) is 0 Å². The fourth-order valence-electron chi connectivity index (χ4n) is 2.07. The zero-order chi connectivity index (χ0) is 11.4. The van der Waals surface area contributed by atoms with E-state index in [4.69, 9.17) is 4.74 Å². The minimum atomic E-state index is -0.0544. The van der Waals surface area contributed by atoms with Crippen LogP contribution in [0.25, 0.3) is 0 Å². The minimum absolute atomic E-state index is 0.0544. The van der Waals surface area contributed by atoms with E-state index in [1.807, 2.05) is 0 Å². The van der Waals surface area contributed by atoms with Gasteiger partial charge in [0.25, 0.3) is 0 Å². The third kappa shape index (κ3) is 2.42. The Labute approximate surface area is 95.0 Å². The van der Waals surface area contributed by atoms with Crippen molar-refractivity contribution in [3.8, 4) is 5.75 Å². The summed E-state index contributed by atoms with van der Waals surface area (Å²) in [5.41, 5.74) is 1.34. The van der Waals surface area contributed by atoms with Crippen LogP contribution < -0.4 is 4.74 Å². The van der Waals surface area contributed by atoms with Crippen LogP contribution in [0, 0.1) is 0 Å². The predicted molar refractivity (Wildman–Crippen MR) is 60.6 cm³/mol. The lowest BCUT2D eigenvalue weighted by Gasteiger charge is -2.16. The summed E-state index contributed by atoms with van der Waals surface area (Å²) in [6, 6.07) is 5.14. The van der Waals surface area contributed by atoms with E-state index in [0.29, 0.717) is 11.3 Å². The second-order valence-corrected chi connectivity index (χ2v) is 4.17. The maximum atomic E-state index is 10.7. The van der Waals surface area contributed by atoms with Gasteiger partial charge in [0, 0.05) is 11.1 Å². The van der Waals surface area contributed by atoms with Gasteiger partial charge in [-0.2, -0.15) is 0 Å². The van der Waals surface area contributed by atoms with Gasteiger partial charge in [0.2, 0.25) is 0 Å². The summed E-state index contributed by atoms with van der Waals surface area (Å²) < 4.78 is 5.82. The van der Waals surface area contributed by atoms with Crippen molar-refractivity contribution in [1.82, 2.24) is 0 Å². The molecule has 0 saturated heterocycles. The number of carbonyl (C=O) groups excluding carboxylic acids is 1. The van der Waals surface area contributed by atoms with Crippen LogP contribution in [0.4, 0.5) is 0 Å². The Morgan fingerprint density at radius 3 is 2.75 bits per heavy atom. The highest BCUT2D eigenvalue weighted by Gasteiger charge is 2.17. The van der Waals surface area contributed by atoms with Gasteiger partial charge < -0.3 is 9.84 Å². The molecule has 1 aliphatic carbocycles. The maximum Gasteiger partial charge on any atom is 0.150 e. The average molecular weight is 220 g/mol. The van der Waals surface area contributed by atoms with Gasteiger partial charge in [0.15, 0.2) is 0 Å². The second kappa shape index (κ2) is 5.12. The molecule has 1 aromatic carbocycles. The van der Waals surface area contributed by atoms with Gasteiger partial charge >= 0.3 is 0 Å². The fraction of sp³-hybridized carbons (Fsp3) is 0.462. The Morgan fingerprint density at radius 2 is 2.12 bits per heavy atom. The molecule has 2 rings (SSSR count). The number of carbonyl (C=O) groups is 1. The number of aliphatic hydroxyl groups is 1. The Hall–Kier alpha value is -1.35. The lowest BCUT2D eigenvalue weighted by molar-refractivity contribution is 0.112. The predicted octanol–water partition coefficient (Wildman–Crippen LogP) is 2.31. The smallest absolute Gasteiger partial charge is 0.150 e. The first-order valence-electron chi connectivity index (χ1n) is 5.69. The summed E-state index contributed by atoms with van der Waals surface area (Å²) >= 11 is 0. The van der Waals surface area contributed by atoms with E-state index in [1.165, 1.54) is 12.8 Å². The van der Waals surface area contributed by atoms with Crippen LogP contribution in [-0.4, -0.2) is 17.5 Å². The average Bonchev–Trinajstić information content (AvgIpc) is 2.82. The molecule has 1 aromatic rings. The fourth-order valence-corrected chi connectivity index (χ4v) is 2.07. The molecular weight excluding hydrogens is 204 g/mol. The zero-order valence-corrected chi connectivity index (χ0v) is 9.19. The lowest BCUT2D eigenvalue weighted by Crippen LogP contribution is -2.12. The van der Waals surface area contributed by atoms with Crippen LogP contribution in [0.2, 0.25) is 0 Å². The number of ether oxygens (including phenoxy) is 1. The number of aliphatic hydroxyl groups excluding tert-OH is 1. The number of aldehydes is 1. The van der Waals surface area contributed by atoms with Crippen molar-refractivity contribution in [3.63, 3.8) is 0 Å². The number of benzene rings is 1. The molecular formula is C13H16O3. The van der Waals surface area contributed by atoms with E-state index in [1.54, 1.807) is 18.2 Å². The highest BCUT2D eigenvalue weighted by Crippen LogP contribution is 2.27. The van der Waals surface area contributed by atoms with Gasteiger partial charge in [0.05, 0.1) is 12.7 Å². The number of rotatable bonds is 4. The Balaban J connectivity index is 2.18. The molecule has 1 saturated carbocycles. The first-order chi connectivity index (χ1) is 7.83. The van der Waals surface area contributed by atoms with Gasteiger partial charge in [0.1, 0.15) is 12.0 Å². The SMILES string of the molecule is O=Cc1ccc(CO)c(OC2CCCC2)c1. The van der Waals surface area contributed by atoms with Gasteiger partial charge in [-0.15, -0.1) is 0 Å². The molecule has 0 heterocycles. The highest BCUT2D eigenvalue weighted by molar-refractivity contribution is 5.75. The van der Waals surface area contributed by atoms with Crippen molar-refractivity contribution in [2.75, 3.05) is 0 Å². The van der Waals surface area contributed by atoms with Crippen molar-refractivity contribution in [1.29, 1.82) is 0 Å². The zero-order valence-electron chi connectivity index (χ0n) is 9.19. The third-order valence-corrected chi connectivity index (χ3v) is 2.99. The van der Waals surface area contributed by atoms with Crippen LogP contribution in [0.1, 0.15) is 41.6 Å². The molecule has 16 heavy (non-hydrogen) atoms. The van der Waals surface area contributed by atoms with E-state index >= 15 is 0 Å².